The van der Waals surface area contributed by atoms with Gasteiger partial charge in [-0.25, -0.2) is 4.98 Å². The van der Waals surface area contributed by atoms with Crippen LogP contribution in [0.2, 0.25) is 0 Å². The number of nitrogens with zero attached hydrogens (tertiary/aromatic N) is 5. The van der Waals surface area contributed by atoms with Crippen molar-refractivity contribution in [3.63, 3.8) is 0 Å². The number of hydrogen-bond acceptors (Lipinski definition) is 3. The van der Waals surface area contributed by atoms with Gasteiger partial charge in [0.15, 0.2) is 5.65 Å². The molecule has 0 N–H and O–H groups in total. The third-order valence-electron chi connectivity index (χ3n) is 4.08. The minimum Gasteiger partial charge on any atom is -0.310 e. The van der Waals surface area contributed by atoms with Crippen molar-refractivity contribution in [3.05, 3.63) is 11.5 Å². The second-order valence-corrected chi connectivity index (χ2v) is 6.32. The number of likely N-dealkylation sites (N-methyl/N-ethyl adjacent to an activating group) is 1. The molecule has 0 aliphatic heterocycles. The fourth-order valence-electron chi connectivity index (χ4n) is 2.32. The van der Waals surface area contributed by atoms with Crippen molar-refractivity contribution in [2.75, 3.05) is 14.1 Å². The SMILES string of the molecule is CCc1nn(C)c2c1nc(CCl)n2CC(C)(C)N(C)C. The maximum absolute atomic E-state index is 6.09. The Labute approximate surface area is 125 Å². The van der Waals surface area contributed by atoms with Gasteiger partial charge < -0.3 is 9.47 Å². The van der Waals surface area contributed by atoms with Gasteiger partial charge in [-0.1, -0.05) is 6.92 Å². The summed E-state index contributed by atoms with van der Waals surface area (Å²) < 4.78 is 4.12. The van der Waals surface area contributed by atoms with Crippen LogP contribution in [-0.4, -0.2) is 43.9 Å². The first-order valence-corrected chi connectivity index (χ1v) is 7.49. The number of hydrogen-bond donors (Lipinski definition) is 0. The maximum Gasteiger partial charge on any atom is 0.158 e. The fraction of sp³-hybridized carbons (Fsp3) is 0.714. The van der Waals surface area contributed by atoms with Crippen LogP contribution in [0.15, 0.2) is 0 Å². The average Bonchev–Trinajstić information content (AvgIpc) is 2.87. The molecule has 0 spiro atoms. The van der Waals surface area contributed by atoms with E-state index < -0.39 is 0 Å². The molecule has 0 aliphatic carbocycles. The molecule has 0 bridgehead atoms. The minimum absolute atomic E-state index is 0.0189. The molecule has 0 amide bonds. The van der Waals surface area contributed by atoms with Gasteiger partial charge in [0.1, 0.15) is 11.3 Å². The molecule has 112 valence electrons. The lowest BCUT2D eigenvalue weighted by Gasteiger charge is -2.33. The highest BCUT2D eigenvalue weighted by Crippen LogP contribution is 2.24. The van der Waals surface area contributed by atoms with Crippen molar-refractivity contribution >= 4 is 22.8 Å². The van der Waals surface area contributed by atoms with Crippen LogP contribution < -0.4 is 0 Å². The third kappa shape index (κ3) is 2.44. The number of aromatic nitrogens is 4. The Bertz CT molecular complexity index is 609. The molecule has 0 saturated heterocycles. The van der Waals surface area contributed by atoms with Gasteiger partial charge in [-0.2, -0.15) is 5.10 Å². The Morgan fingerprint density at radius 2 is 1.95 bits per heavy atom. The summed E-state index contributed by atoms with van der Waals surface area (Å²) >= 11 is 6.09. The standard InChI is InChI=1S/C14H24ClN5/c1-7-10-12-13(19(6)17-10)20(11(8-15)16-12)9-14(2,3)18(4)5/h7-9H2,1-6H3. The molecule has 2 aromatic heterocycles. The van der Waals surface area contributed by atoms with E-state index in [9.17, 15) is 0 Å². The zero-order chi connectivity index (χ0) is 15.1. The lowest BCUT2D eigenvalue weighted by molar-refractivity contribution is 0.169. The first kappa shape index (κ1) is 15.3. The van der Waals surface area contributed by atoms with Gasteiger partial charge in [-0.05, 0) is 34.4 Å². The highest BCUT2D eigenvalue weighted by atomic mass is 35.5. The molecule has 0 aliphatic rings. The third-order valence-corrected chi connectivity index (χ3v) is 4.32. The molecule has 0 radical (unpaired) electrons. The number of rotatable bonds is 5. The van der Waals surface area contributed by atoms with Crippen LogP contribution in [-0.2, 0) is 25.9 Å². The fourth-order valence-corrected chi connectivity index (χ4v) is 2.53. The van der Waals surface area contributed by atoms with Crippen LogP contribution in [0.5, 0.6) is 0 Å². The molecule has 20 heavy (non-hydrogen) atoms. The normalized spacial score (nSPS) is 12.8. The molecule has 0 aromatic carbocycles. The van der Waals surface area contributed by atoms with Crippen LogP contribution in [0, 0.1) is 0 Å². The highest BCUT2D eigenvalue weighted by molar-refractivity contribution is 6.16. The van der Waals surface area contributed by atoms with Crippen molar-refractivity contribution in [1.29, 1.82) is 0 Å². The number of imidazole rings is 1. The Morgan fingerprint density at radius 1 is 1.30 bits per heavy atom. The molecule has 6 heteroatoms. The maximum atomic E-state index is 6.09. The summed E-state index contributed by atoms with van der Waals surface area (Å²) in [6, 6.07) is 0. The van der Waals surface area contributed by atoms with Crippen LogP contribution >= 0.6 is 11.6 Å². The number of aryl methyl sites for hydroxylation is 2. The minimum atomic E-state index is 0.0189. The predicted molar refractivity (Wildman–Crippen MR) is 83.2 cm³/mol. The Hall–Kier alpha value is -1.07. The molecule has 2 rings (SSSR count). The van der Waals surface area contributed by atoms with E-state index in [0.717, 1.165) is 35.6 Å². The second-order valence-electron chi connectivity index (χ2n) is 6.05. The monoisotopic (exact) mass is 297 g/mol. The quantitative estimate of drug-likeness (QED) is 0.796. The summed E-state index contributed by atoms with van der Waals surface area (Å²) in [4.78, 5) is 6.91. The van der Waals surface area contributed by atoms with Crippen molar-refractivity contribution in [2.45, 2.75) is 45.2 Å². The first-order valence-electron chi connectivity index (χ1n) is 6.96. The predicted octanol–water partition coefficient (Wildman–Crippen LogP) is 2.41. The number of halogens is 1. The van der Waals surface area contributed by atoms with Crippen molar-refractivity contribution < 1.29 is 0 Å². The van der Waals surface area contributed by atoms with Gasteiger partial charge in [0.05, 0.1) is 11.6 Å². The van der Waals surface area contributed by atoms with Crippen molar-refractivity contribution in [1.82, 2.24) is 24.2 Å². The second kappa shape index (κ2) is 5.37. The molecule has 0 unspecified atom stereocenters. The lowest BCUT2D eigenvalue weighted by atomic mass is 10.0. The highest BCUT2D eigenvalue weighted by Gasteiger charge is 2.26. The summed E-state index contributed by atoms with van der Waals surface area (Å²) in [5.41, 5.74) is 3.10. The van der Waals surface area contributed by atoms with Crippen LogP contribution in [0.1, 0.15) is 32.3 Å². The molecule has 0 fully saturated rings. The lowest BCUT2D eigenvalue weighted by Crippen LogP contribution is -2.42. The Balaban J connectivity index is 2.59. The van der Waals surface area contributed by atoms with E-state index in [0.29, 0.717) is 5.88 Å². The molecule has 5 nitrogen and oxygen atoms in total. The smallest absolute Gasteiger partial charge is 0.158 e. The summed E-state index contributed by atoms with van der Waals surface area (Å²) in [6.45, 7) is 7.37. The molecule has 2 aromatic rings. The van der Waals surface area contributed by atoms with E-state index in [1.54, 1.807) is 0 Å². The topological polar surface area (TPSA) is 38.9 Å². The molecule has 0 atom stereocenters. The zero-order valence-corrected chi connectivity index (χ0v) is 14.0. The summed E-state index contributed by atoms with van der Waals surface area (Å²) in [6.07, 6.45) is 0.882. The Morgan fingerprint density at radius 3 is 2.45 bits per heavy atom. The summed E-state index contributed by atoms with van der Waals surface area (Å²) in [5.74, 6) is 1.33. The molecular weight excluding hydrogens is 274 g/mol. The van der Waals surface area contributed by atoms with E-state index in [2.05, 4.69) is 49.4 Å². The van der Waals surface area contributed by atoms with E-state index in [1.807, 2.05) is 11.7 Å². The van der Waals surface area contributed by atoms with Crippen LogP contribution in [0.3, 0.4) is 0 Å². The first-order chi connectivity index (χ1) is 9.31. The number of fused-ring (bicyclic) bond motifs is 1. The molecular formula is C14H24ClN5. The summed E-state index contributed by atoms with van der Waals surface area (Å²) in [5, 5.41) is 4.56. The van der Waals surface area contributed by atoms with Gasteiger partial charge in [-0.15, -0.1) is 11.6 Å². The van der Waals surface area contributed by atoms with Crippen molar-refractivity contribution in [2.24, 2.45) is 7.05 Å². The number of alkyl halides is 1. The van der Waals surface area contributed by atoms with Gasteiger partial charge in [-0.3, -0.25) is 4.68 Å². The zero-order valence-electron chi connectivity index (χ0n) is 13.2. The van der Waals surface area contributed by atoms with E-state index in [1.165, 1.54) is 0 Å². The summed E-state index contributed by atoms with van der Waals surface area (Å²) in [7, 11) is 6.16. The van der Waals surface area contributed by atoms with Gasteiger partial charge >= 0.3 is 0 Å². The van der Waals surface area contributed by atoms with Gasteiger partial charge in [0.2, 0.25) is 0 Å². The van der Waals surface area contributed by atoms with E-state index in [4.69, 9.17) is 16.6 Å². The Kier molecular flexibility index (Phi) is 4.12. The molecule has 2 heterocycles. The van der Waals surface area contributed by atoms with E-state index in [-0.39, 0.29) is 5.54 Å². The van der Waals surface area contributed by atoms with E-state index >= 15 is 0 Å². The van der Waals surface area contributed by atoms with Crippen LogP contribution in [0.4, 0.5) is 0 Å². The van der Waals surface area contributed by atoms with Gasteiger partial charge in [0.25, 0.3) is 0 Å². The average molecular weight is 298 g/mol. The van der Waals surface area contributed by atoms with Gasteiger partial charge in [0, 0.05) is 19.1 Å². The van der Waals surface area contributed by atoms with Crippen LogP contribution in [0.25, 0.3) is 11.2 Å². The largest absolute Gasteiger partial charge is 0.310 e. The molecule has 0 saturated carbocycles. The van der Waals surface area contributed by atoms with Crippen molar-refractivity contribution in [3.8, 4) is 0 Å².